The molecular weight excluding hydrogens is 400 g/mol. The van der Waals surface area contributed by atoms with E-state index in [1.54, 1.807) is 0 Å². The van der Waals surface area contributed by atoms with Crippen LogP contribution in [0.15, 0.2) is 46.9 Å². The van der Waals surface area contributed by atoms with Gasteiger partial charge in [0.2, 0.25) is 0 Å². The summed E-state index contributed by atoms with van der Waals surface area (Å²) in [4.78, 5) is 0. The summed E-state index contributed by atoms with van der Waals surface area (Å²) in [5.41, 5.74) is 4.93. The van der Waals surface area contributed by atoms with E-state index in [2.05, 4.69) is 70.7 Å². The molecule has 24 heavy (non-hydrogen) atoms. The van der Waals surface area contributed by atoms with Crippen LogP contribution < -0.4 is 10.6 Å². The Balaban J connectivity index is 1.60. The van der Waals surface area contributed by atoms with Crippen molar-refractivity contribution in [3.8, 4) is 0 Å². The summed E-state index contributed by atoms with van der Waals surface area (Å²) in [5.74, 6) is 2.20. The first-order valence-electron chi connectivity index (χ1n) is 7.99. The van der Waals surface area contributed by atoms with Gasteiger partial charge in [-0.25, -0.2) is 0 Å². The van der Waals surface area contributed by atoms with Crippen LogP contribution in [0.1, 0.15) is 23.1 Å². The number of halogens is 1. The molecule has 2 rings (SSSR count). The van der Waals surface area contributed by atoms with Crippen molar-refractivity contribution in [1.82, 2.24) is 5.32 Å². The Morgan fingerprint density at radius 3 is 2.75 bits per heavy atom. The van der Waals surface area contributed by atoms with Gasteiger partial charge in [0.05, 0.1) is 0 Å². The van der Waals surface area contributed by atoms with Crippen molar-refractivity contribution in [3.63, 3.8) is 0 Å². The predicted molar refractivity (Wildman–Crippen MR) is 115 cm³/mol. The summed E-state index contributed by atoms with van der Waals surface area (Å²) in [5, 5.41) is 7.17. The largest absolute Gasteiger partial charge is 0.362 e. The van der Waals surface area contributed by atoms with E-state index >= 15 is 0 Å². The lowest BCUT2D eigenvalue weighted by atomic mass is 10.2. The van der Waals surface area contributed by atoms with Crippen LogP contribution in [-0.4, -0.2) is 17.4 Å². The molecule has 0 unspecified atom stereocenters. The maximum absolute atomic E-state index is 5.34. The Hall–Kier alpha value is -1.04. The van der Waals surface area contributed by atoms with Crippen molar-refractivity contribution in [1.29, 1.82) is 0 Å². The molecule has 0 fully saturated rings. The minimum atomic E-state index is 0.681. The van der Waals surface area contributed by atoms with Gasteiger partial charge in [-0.15, -0.1) is 0 Å². The summed E-state index contributed by atoms with van der Waals surface area (Å²) in [6.45, 7) is 5.10. The molecule has 128 valence electrons. The van der Waals surface area contributed by atoms with Gasteiger partial charge in [-0.1, -0.05) is 45.8 Å². The highest BCUT2D eigenvalue weighted by molar-refractivity contribution is 9.10. The molecule has 0 aliphatic rings. The number of benzene rings is 2. The first-order chi connectivity index (χ1) is 11.5. The van der Waals surface area contributed by atoms with Crippen molar-refractivity contribution >= 4 is 50.7 Å². The number of anilines is 1. The van der Waals surface area contributed by atoms with E-state index in [0.29, 0.717) is 5.11 Å². The van der Waals surface area contributed by atoms with Crippen molar-refractivity contribution in [2.75, 3.05) is 17.6 Å². The monoisotopic (exact) mass is 422 g/mol. The van der Waals surface area contributed by atoms with Crippen molar-refractivity contribution in [3.05, 3.63) is 63.6 Å². The number of aryl methyl sites for hydroxylation is 2. The molecule has 0 heterocycles. The summed E-state index contributed by atoms with van der Waals surface area (Å²) in [6, 6.07) is 14.8. The van der Waals surface area contributed by atoms with Crippen molar-refractivity contribution in [2.24, 2.45) is 0 Å². The van der Waals surface area contributed by atoms with Crippen LogP contribution in [0.2, 0.25) is 0 Å². The topological polar surface area (TPSA) is 24.1 Å². The standard InChI is InChI=1S/C19H23BrN2S2/c1-14-5-3-6-16(11-14)13-24-10-4-9-21-19(23)22-17-7-8-18(20)15(2)12-17/h3,5-8,11-12H,4,9-10,13H2,1-2H3,(H2,21,22,23). The zero-order valence-electron chi connectivity index (χ0n) is 14.1. The van der Waals surface area contributed by atoms with Gasteiger partial charge >= 0.3 is 0 Å². The third-order valence-corrected chi connectivity index (χ3v) is 5.77. The van der Waals surface area contributed by atoms with E-state index in [-0.39, 0.29) is 0 Å². The first-order valence-corrected chi connectivity index (χ1v) is 10.3. The molecule has 2 N–H and O–H groups in total. The highest BCUT2D eigenvalue weighted by atomic mass is 79.9. The average Bonchev–Trinajstić information content (AvgIpc) is 2.54. The van der Waals surface area contributed by atoms with Crippen LogP contribution in [0.25, 0.3) is 0 Å². The Morgan fingerprint density at radius 1 is 1.17 bits per heavy atom. The molecule has 0 amide bonds. The molecule has 2 nitrogen and oxygen atoms in total. The fourth-order valence-corrected chi connectivity index (χ4v) is 3.64. The summed E-state index contributed by atoms with van der Waals surface area (Å²) in [7, 11) is 0. The highest BCUT2D eigenvalue weighted by Crippen LogP contribution is 2.20. The fraction of sp³-hybridized carbons (Fsp3) is 0.316. The van der Waals surface area contributed by atoms with Gasteiger partial charge in [0.25, 0.3) is 0 Å². The second kappa shape index (κ2) is 10.1. The molecule has 5 heteroatoms. The first kappa shape index (κ1) is 19.3. The van der Waals surface area contributed by atoms with Crippen LogP contribution in [0.3, 0.4) is 0 Å². The van der Waals surface area contributed by atoms with E-state index < -0.39 is 0 Å². The molecule has 0 aliphatic heterocycles. The molecular formula is C19H23BrN2S2. The van der Waals surface area contributed by atoms with Crippen molar-refractivity contribution in [2.45, 2.75) is 26.0 Å². The Morgan fingerprint density at radius 2 is 2.00 bits per heavy atom. The highest BCUT2D eigenvalue weighted by Gasteiger charge is 2.00. The summed E-state index contributed by atoms with van der Waals surface area (Å²) in [6.07, 6.45) is 1.09. The van der Waals surface area contributed by atoms with Crippen molar-refractivity contribution < 1.29 is 0 Å². The minimum absolute atomic E-state index is 0.681. The van der Waals surface area contributed by atoms with Gasteiger partial charge in [-0.3, -0.25) is 0 Å². The van der Waals surface area contributed by atoms with Crippen LogP contribution >= 0.6 is 39.9 Å². The Bertz CT molecular complexity index is 689. The molecule has 2 aromatic carbocycles. The van der Waals surface area contributed by atoms with Gasteiger partial charge in [0.15, 0.2) is 5.11 Å². The van der Waals surface area contributed by atoms with Crippen LogP contribution in [0, 0.1) is 13.8 Å². The molecule has 0 bridgehead atoms. The molecule has 0 saturated carbocycles. The third-order valence-electron chi connectivity index (χ3n) is 3.52. The number of hydrogen-bond acceptors (Lipinski definition) is 2. The van der Waals surface area contributed by atoms with Crippen LogP contribution in [0.4, 0.5) is 5.69 Å². The number of hydrogen-bond donors (Lipinski definition) is 2. The number of thioether (sulfide) groups is 1. The lowest BCUT2D eigenvalue weighted by molar-refractivity contribution is 0.854. The predicted octanol–water partition coefficient (Wildman–Crippen LogP) is 5.68. The molecule has 0 radical (unpaired) electrons. The van der Waals surface area contributed by atoms with Gasteiger partial charge in [-0.2, -0.15) is 11.8 Å². The molecule has 0 saturated heterocycles. The van der Waals surface area contributed by atoms with Gasteiger partial charge in [0.1, 0.15) is 0 Å². The molecule has 0 spiro atoms. The Labute approximate surface area is 162 Å². The van der Waals surface area contributed by atoms with E-state index in [4.69, 9.17) is 12.2 Å². The summed E-state index contributed by atoms with van der Waals surface area (Å²) >= 11 is 10.8. The van der Waals surface area contributed by atoms with Crippen LogP contribution in [-0.2, 0) is 5.75 Å². The zero-order chi connectivity index (χ0) is 17.4. The zero-order valence-corrected chi connectivity index (χ0v) is 17.3. The molecule has 0 aromatic heterocycles. The number of nitrogens with one attached hydrogen (secondary N) is 2. The number of rotatable bonds is 7. The normalized spacial score (nSPS) is 10.5. The lowest BCUT2D eigenvalue weighted by Crippen LogP contribution is -2.29. The third kappa shape index (κ3) is 6.83. The maximum Gasteiger partial charge on any atom is 0.170 e. The second-order valence-corrected chi connectivity index (χ2v) is 8.11. The smallest absolute Gasteiger partial charge is 0.170 e. The van der Waals surface area contributed by atoms with Crippen LogP contribution in [0.5, 0.6) is 0 Å². The van der Waals surface area contributed by atoms with E-state index in [1.165, 1.54) is 16.7 Å². The summed E-state index contributed by atoms with van der Waals surface area (Å²) < 4.78 is 1.11. The van der Waals surface area contributed by atoms with Gasteiger partial charge < -0.3 is 10.6 Å². The average molecular weight is 423 g/mol. The van der Waals surface area contributed by atoms with E-state index in [9.17, 15) is 0 Å². The lowest BCUT2D eigenvalue weighted by Gasteiger charge is -2.11. The molecule has 0 atom stereocenters. The van der Waals surface area contributed by atoms with Gasteiger partial charge in [0, 0.05) is 22.5 Å². The second-order valence-electron chi connectivity index (χ2n) is 5.74. The quantitative estimate of drug-likeness (QED) is 0.442. The fourth-order valence-electron chi connectivity index (χ4n) is 2.27. The minimum Gasteiger partial charge on any atom is -0.362 e. The van der Waals surface area contributed by atoms with E-state index in [0.717, 1.165) is 34.6 Å². The SMILES string of the molecule is Cc1cccc(CSCCCNC(=S)Nc2ccc(Br)c(C)c2)c1. The van der Waals surface area contributed by atoms with E-state index in [1.807, 2.05) is 23.9 Å². The molecule has 0 aliphatic carbocycles. The van der Waals surface area contributed by atoms with Gasteiger partial charge in [-0.05, 0) is 67.6 Å². The number of thiocarbonyl (C=S) groups is 1. The molecule has 2 aromatic rings. The maximum atomic E-state index is 5.34. The Kier molecular flexibility index (Phi) is 8.09.